The summed E-state index contributed by atoms with van der Waals surface area (Å²) in [6, 6.07) is -0.179. The molecule has 0 aromatic carbocycles. The first-order chi connectivity index (χ1) is 9.82. The quantitative estimate of drug-likeness (QED) is 0.810. The second-order valence-corrected chi connectivity index (χ2v) is 6.73. The van der Waals surface area contributed by atoms with Crippen LogP contribution >= 0.6 is 0 Å². The predicted octanol–water partition coefficient (Wildman–Crippen LogP) is 1.61. The lowest BCUT2D eigenvalue weighted by Crippen LogP contribution is -2.48. The van der Waals surface area contributed by atoms with E-state index < -0.39 is 6.04 Å². The highest BCUT2D eigenvalue weighted by molar-refractivity contribution is 5.87. The minimum Gasteiger partial charge on any atom is -0.341 e. The molecule has 2 amide bonds. The molecule has 1 saturated carbocycles. The van der Waals surface area contributed by atoms with Crippen LogP contribution in [0, 0.1) is 5.92 Å². The molecule has 0 spiro atoms. The molecule has 1 atom stereocenters. The molecule has 0 aromatic rings. The number of likely N-dealkylation sites (N-methyl/N-ethyl adjacent to an activating group) is 2. The number of rotatable bonds is 6. The lowest BCUT2D eigenvalue weighted by atomic mass is 9.94. The fourth-order valence-corrected chi connectivity index (χ4v) is 2.96. The molecule has 5 heteroatoms. The number of nitrogens with zero attached hydrogens (tertiary/aromatic N) is 2. The highest BCUT2D eigenvalue weighted by Crippen LogP contribution is 2.21. The Morgan fingerprint density at radius 2 is 1.71 bits per heavy atom. The minimum absolute atomic E-state index is 0.00879. The van der Waals surface area contributed by atoms with Crippen LogP contribution in [-0.4, -0.2) is 54.3 Å². The van der Waals surface area contributed by atoms with Crippen LogP contribution in [0.1, 0.15) is 52.4 Å². The Balaban J connectivity index is 2.46. The highest BCUT2D eigenvalue weighted by Gasteiger charge is 2.25. The number of hydrogen-bond donors (Lipinski definition) is 1. The normalized spacial score (nSPS) is 17.6. The van der Waals surface area contributed by atoms with Crippen LogP contribution in [0.2, 0.25) is 0 Å². The third-order valence-corrected chi connectivity index (χ3v) is 4.31. The van der Waals surface area contributed by atoms with Gasteiger partial charge in [0.2, 0.25) is 11.8 Å². The third kappa shape index (κ3) is 5.65. The van der Waals surface area contributed by atoms with Crippen LogP contribution in [-0.2, 0) is 9.59 Å². The summed E-state index contributed by atoms with van der Waals surface area (Å²) >= 11 is 0. The zero-order valence-electron chi connectivity index (χ0n) is 14.0. The molecule has 0 radical (unpaired) electrons. The number of hydrogen-bond acceptors (Lipinski definition) is 3. The van der Waals surface area contributed by atoms with E-state index in [1.807, 2.05) is 25.8 Å². The summed E-state index contributed by atoms with van der Waals surface area (Å²) in [6.07, 6.45) is 6.45. The fraction of sp³-hybridized carbons (Fsp3) is 0.875. The maximum atomic E-state index is 12.3. The fourth-order valence-electron chi connectivity index (χ4n) is 2.96. The van der Waals surface area contributed by atoms with Crippen LogP contribution in [0.15, 0.2) is 0 Å². The maximum absolute atomic E-state index is 12.3. The zero-order chi connectivity index (χ0) is 16.0. The zero-order valence-corrected chi connectivity index (χ0v) is 14.0. The molecule has 1 rings (SSSR count). The second-order valence-electron chi connectivity index (χ2n) is 6.73. The Morgan fingerprint density at radius 1 is 1.14 bits per heavy atom. The van der Waals surface area contributed by atoms with Crippen molar-refractivity contribution in [1.29, 1.82) is 0 Å². The van der Waals surface area contributed by atoms with Crippen molar-refractivity contribution < 1.29 is 9.59 Å². The van der Waals surface area contributed by atoms with Crippen molar-refractivity contribution in [2.75, 3.05) is 20.6 Å². The van der Waals surface area contributed by atoms with Crippen molar-refractivity contribution in [3.8, 4) is 0 Å². The lowest BCUT2D eigenvalue weighted by molar-refractivity contribution is -0.141. The minimum atomic E-state index is -0.511. The van der Waals surface area contributed by atoms with Crippen LogP contribution in [0.5, 0.6) is 0 Å². The van der Waals surface area contributed by atoms with Gasteiger partial charge in [-0.15, -0.1) is 0 Å². The summed E-state index contributed by atoms with van der Waals surface area (Å²) in [4.78, 5) is 27.7. The van der Waals surface area contributed by atoms with Gasteiger partial charge in [-0.1, -0.05) is 33.1 Å². The first-order valence-corrected chi connectivity index (χ1v) is 8.09. The molecule has 5 nitrogen and oxygen atoms in total. The van der Waals surface area contributed by atoms with Crippen molar-refractivity contribution in [1.82, 2.24) is 9.80 Å². The van der Waals surface area contributed by atoms with Crippen molar-refractivity contribution >= 4 is 11.8 Å². The molecular weight excluding hydrogens is 266 g/mol. The van der Waals surface area contributed by atoms with Gasteiger partial charge in [0.15, 0.2) is 0 Å². The van der Waals surface area contributed by atoms with Crippen LogP contribution in [0.3, 0.4) is 0 Å². The number of carbonyl (C=O) groups excluding carboxylic acids is 2. The van der Waals surface area contributed by atoms with E-state index in [0.29, 0.717) is 18.4 Å². The van der Waals surface area contributed by atoms with Crippen molar-refractivity contribution in [3.63, 3.8) is 0 Å². The van der Waals surface area contributed by atoms with Gasteiger partial charge in [-0.05, 0) is 25.2 Å². The standard InChI is InChI=1S/C16H31N3O2/c1-12(2)10-14(17)16(21)18(3)11-15(20)19(4)13-8-6-5-7-9-13/h12-14H,5-11,17H2,1-4H3/t14-/m0/s1. The average molecular weight is 297 g/mol. The summed E-state index contributed by atoms with van der Waals surface area (Å²) in [5.74, 6) is 0.238. The van der Waals surface area contributed by atoms with Crippen LogP contribution in [0.25, 0.3) is 0 Å². The Morgan fingerprint density at radius 3 is 2.24 bits per heavy atom. The summed E-state index contributed by atoms with van der Waals surface area (Å²) in [6.45, 7) is 4.20. The van der Waals surface area contributed by atoms with E-state index in [1.54, 1.807) is 7.05 Å². The average Bonchev–Trinajstić information content (AvgIpc) is 2.45. The molecule has 2 N–H and O–H groups in total. The first-order valence-electron chi connectivity index (χ1n) is 8.09. The molecule has 0 unspecified atom stereocenters. The van der Waals surface area contributed by atoms with Gasteiger partial charge in [-0.2, -0.15) is 0 Å². The van der Waals surface area contributed by atoms with Crippen molar-refractivity contribution in [3.05, 3.63) is 0 Å². The number of carbonyl (C=O) groups is 2. The van der Waals surface area contributed by atoms with Gasteiger partial charge in [-0.3, -0.25) is 9.59 Å². The predicted molar refractivity (Wildman–Crippen MR) is 84.7 cm³/mol. The summed E-state index contributed by atoms with van der Waals surface area (Å²) < 4.78 is 0. The van der Waals surface area contributed by atoms with E-state index >= 15 is 0 Å². The molecule has 0 bridgehead atoms. The van der Waals surface area contributed by atoms with Gasteiger partial charge in [0.05, 0.1) is 12.6 Å². The largest absolute Gasteiger partial charge is 0.341 e. The molecule has 0 heterocycles. The Kier molecular flexibility index (Phi) is 7.15. The molecule has 1 aliphatic carbocycles. The van der Waals surface area contributed by atoms with Gasteiger partial charge in [0.25, 0.3) is 0 Å². The molecule has 1 fully saturated rings. The van der Waals surface area contributed by atoms with Crippen molar-refractivity contribution in [2.45, 2.75) is 64.5 Å². The summed E-state index contributed by atoms with van der Waals surface area (Å²) in [5, 5.41) is 0. The molecular formula is C16H31N3O2. The molecule has 0 saturated heterocycles. The van der Waals surface area contributed by atoms with Gasteiger partial charge in [0.1, 0.15) is 0 Å². The van der Waals surface area contributed by atoms with Crippen LogP contribution in [0.4, 0.5) is 0 Å². The Labute approximate surface area is 128 Å². The smallest absolute Gasteiger partial charge is 0.242 e. The Hall–Kier alpha value is -1.10. The van der Waals surface area contributed by atoms with Crippen LogP contribution < -0.4 is 5.73 Å². The maximum Gasteiger partial charge on any atom is 0.242 e. The second kappa shape index (κ2) is 8.37. The van der Waals surface area contributed by atoms with E-state index in [0.717, 1.165) is 12.8 Å². The molecule has 21 heavy (non-hydrogen) atoms. The monoisotopic (exact) mass is 297 g/mol. The van der Waals surface area contributed by atoms with Crippen molar-refractivity contribution in [2.24, 2.45) is 11.7 Å². The van der Waals surface area contributed by atoms with E-state index in [9.17, 15) is 9.59 Å². The van der Waals surface area contributed by atoms with E-state index in [2.05, 4.69) is 0 Å². The molecule has 0 aliphatic heterocycles. The number of nitrogens with two attached hydrogens (primary N) is 1. The first kappa shape index (κ1) is 18.0. The van der Waals surface area contributed by atoms with E-state index in [-0.39, 0.29) is 18.4 Å². The molecule has 0 aromatic heterocycles. The van der Waals surface area contributed by atoms with E-state index in [1.165, 1.54) is 24.2 Å². The SMILES string of the molecule is CC(C)C[C@H](N)C(=O)N(C)CC(=O)N(C)C1CCCCC1. The Bertz CT molecular complexity index is 351. The van der Waals surface area contributed by atoms with Gasteiger partial charge < -0.3 is 15.5 Å². The van der Waals surface area contributed by atoms with Gasteiger partial charge >= 0.3 is 0 Å². The molecule has 1 aliphatic rings. The highest BCUT2D eigenvalue weighted by atomic mass is 16.2. The topological polar surface area (TPSA) is 66.6 Å². The van der Waals surface area contributed by atoms with Gasteiger partial charge in [-0.25, -0.2) is 0 Å². The molecule has 122 valence electrons. The summed E-state index contributed by atoms with van der Waals surface area (Å²) in [7, 11) is 3.51. The third-order valence-electron chi connectivity index (χ3n) is 4.31. The summed E-state index contributed by atoms with van der Waals surface area (Å²) in [5.41, 5.74) is 5.90. The lowest BCUT2D eigenvalue weighted by Gasteiger charge is -2.32. The van der Waals surface area contributed by atoms with E-state index in [4.69, 9.17) is 5.73 Å². The van der Waals surface area contributed by atoms with Gasteiger partial charge in [0, 0.05) is 20.1 Å². The number of amides is 2.